The molecule has 0 aliphatic heterocycles. The fourth-order valence-electron chi connectivity index (χ4n) is 5.10. The fraction of sp³-hybridized carbons (Fsp3) is 0.256. The lowest BCUT2D eigenvalue weighted by atomic mass is 10.1. The standard InChI is InChI=1S/C20H18F3N5O.C19H19F3N4O/c1-13(28(2)12-24)11-18-26-27-19(29-18)16-5-3-4-6-17(16)25-15-9-7-14(8-10-15)20(21,22)23;1-12(23-2)11-17-25-26-18(27-17)15-5-3-4-6-16(15)24-14-9-7-13(8-10-14)19(20,21)22/h3-10,13,25H,11H2,1-2H3;3-10,12,23-24H,11H2,1-2H3. The number of likely N-dealkylation sites (N-methyl/N-ethyl adjacent to an activating group) is 2. The molecule has 6 aromatic rings. The van der Waals surface area contributed by atoms with Gasteiger partial charge in [-0.3, -0.25) is 0 Å². The van der Waals surface area contributed by atoms with Crippen molar-refractivity contribution >= 4 is 22.7 Å². The molecule has 0 spiro atoms. The summed E-state index contributed by atoms with van der Waals surface area (Å²) in [5.41, 5.74) is 2.18. The minimum atomic E-state index is -4.38. The predicted molar refractivity (Wildman–Crippen MR) is 198 cm³/mol. The van der Waals surface area contributed by atoms with Gasteiger partial charge in [0.1, 0.15) is 0 Å². The number of alkyl halides is 6. The number of aromatic nitrogens is 4. The van der Waals surface area contributed by atoms with Crippen LogP contribution in [0.2, 0.25) is 0 Å². The summed E-state index contributed by atoms with van der Waals surface area (Å²) in [6.45, 7) is 3.87. The Morgan fingerprint density at radius 1 is 0.643 bits per heavy atom. The van der Waals surface area contributed by atoms with Gasteiger partial charge in [0.25, 0.3) is 0 Å². The van der Waals surface area contributed by atoms with E-state index in [1.165, 1.54) is 29.2 Å². The van der Waals surface area contributed by atoms with E-state index in [9.17, 15) is 26.3 Å². The smallest absolute Gasteiger partial charge is 0.416 e. The Morgan fingerprint density at radius 2 is 1.05 bits per heavy atom. The van der Waals surface area contributed by atoms with Gasteiger partial charge in [-0.15, -0.1) is 20.4 Å². The largest absolute Gasteiger partial charge is 0.421 e. The molecule has 0 radical (unpaired) electrons. The summed E-state index contributed by atoms with van der Waals surface area (Å²) in [6.07, 6.45) is -5.70. The van der Waals surface area contributed by atoms with E-state index in [1.54, 1.807) is 37.4 Å². The van der Waals surface area contributed by atoms with E-state index in [1.807, 2.05) is 45.3 Å². The Labute approximate surface area is 318 Å². The molecule has 2 unspecified atom stereocenters. The predicted octanol–water partition coefficient (Wildman–Crippen LogP) is 9.49. The second-order valence-corrected chi connectivity index (χ2v) is 12.7. The number of halogens is 6. The number of hydrogen-bond acceptors (Lipinski definition) is 11. The summed E-state index contributed by atoms with van der Waals surface area (Å²) >= 11 is 0. The van der Waals surface area contributed by atoms with E-state index in [0.29, 0.717) is 64.4 Å². The summed E-state index contributed by atoms with van der Waals surface area (Å²) < 4.78 is 87.7. The van der Waals surface area contributed by atoms with Gasteiger partial charge in [0.05, 0.1) is 33.6 Å². The highest BCUT2D eigenvalue weighted by molar-refractivity contribution is 5.77. The van der Waals surface area contributed by atoms with Crippen LogP contribution in [-0.2, 0) is 25.2 Å². The zero-order valence-corrected chi connectivity index (χ0v) is 30.6. The number of hydrogen-bond donors (Lipinski definition) is 3. The first-order chi connectivity index (χ1) is 26.6. The molecule has 56 heavy (non-hydrogen) atoms. The van der Waals surface area contributed by atoms with Gasteiger partial charge in [-0.2, -0.15) is 31.6 Å². The molecule has 17 heteroatoms. The van der Waals surface area contributed by atoms with Gasteiger partial charge in [0.2, 0.25) is 23.6 Å². The molecule has 292 valence electrons. The first-order valence-electron chi connectivity index (χ1n) is 17.2. The van der Waals surface area contributed by atoms with Gasteiger partial charge in [-0.1, -0.05) is 24.3 Å². The van der Waals surface area contributed by atoms with Crippen molar-refractivity contribution in [2.24, 2.45) is 0 Å². The van der Waals surface area contributed by atoms with E-state index in [2.05, 4.69) is 36.3 Å². The first-order valence-corrected chi connectivity index (χ1v) is 17.2. The van der Waals surface area contributed by atoms with Gasteiger partial charge in [0.15, 0.2) is 6.19 Å². The molecule has 2 aromatic heterocycles. The SMILES string of the molecule is CC(Cc1nnc(-c2ccccc2Nc2ccc(C(F)(F)F)cc2)o1)N(C)C#N.CNC(C)Cc1nnc(-c2ccccc2Nc2ccc(C(F)(F)F)cc2)o1. The fourth-order valence-corrected chi connectivity index (χ4v) is 5.10. The lowest BCUT2D eigenvalue weighted by molar-refractivity contribution is -0.138. The number of anilines is 4. The quantitative estimate of drug-likeness (QED) is 0.0622. The maximum absolute atomic E-state index is 12.7. The molecular weight excluding hydrogens is 740 g/mol. The van der Waals surface area contributed by atoms with Gasteiger partial charge in [-0.25, -0.2) is 0 Å². The Bertz CT molecular complexity index is 2210. The number of para-hydroxylation sites is 2. The van der Waals surface area contributed by atoms with Gasteiger partial charge < -0.3 is 29.7 Å². The van der Waals surface area contributed by atoms with Crippen LogP contribution >= 0.6 is 0 Å². The number of nitrogens with one attached hydrogen (secondary N) is 3. The van der Waals surface area contributed by atoms with Crippen LogP contribution in [0.5, 0.6) is 0 Å². The van der Waals surface area contributed by atoms with Crippen molar-refractivity contribution in [1.29, 1.82) is 5.26 Å². The maximum Gasteiger partial charge on any atom is 0.416 e. The molecule has 0 fully saturated rings. The van der Waals surface area contributed by atoms with Crippen LogP contribution in [0.15, 0.2) is 106 Å². The molecule has 4 aromatic carbocycles. The third-order valence-corrected chi connectivity index (χ3v) is 8.49. The van der Waals surface area contributed by atoms with Crippen molar-refractivity contribution < 1.29 is 35.2 Å². The molecule has 0 aliphatic carbocycles. The molecular formula is C39H37F6N9O2. The Balaban J connectivity index is 0.000000215. The second-order valence-electron chi connectivity index (χ2n) is 12.7. The number of rotatable bonds is 12. The maximum atomic E-state index is 12.7. The van der Waals surface area contributed by atoms with E-state index in [0.717, 1.165) is 24.3 Å². The van der Waals surface area contributed by atoms with E-state index < -0.39 is 23.5 Å². The zero-order chi connectivity index (χ0) is 40.5. The highest BCUT2D eigenvalue weighted by Crippen LogP contribution is 2.34. The topological polar surface area (TPSA) is 141 Å². The number of benzene rings is 4. The van der Waals surface area contributed by atoms with Crippen LogP contribution in [-0.4, -0.2) is 51.5 Å². The monoisotopic (exact) mass is 777 g/mol. The Hall–Kier alpha value is -6.41. The third-order valence-electron chi connectivity index (χ3n) is 8.49. The van der Waals surface area contributed by atoms with Gasteiger partial charge >= 0.3 is 12.4 Å². The normalized spacial score (nSPS) is 12.5. The van der Waals surface area contributed by atoms with Crippen molar-refractivity contribution in [1.82, 2.24) is 30.6 Å². The molecule has 0 amide bonds. The van der Waals surface area contributed by atoms with Crippen molar-refractivity contribution in [3.63, 3.8) is 0 Å². The van der Waals surface area contributed by atoms with Crippen molar-refractivity contribution in [2.75, 3.05) is 24.7 Å². The summed E-state index contributed by atoms with van der Waals surface area (Å²) in [5.74, 6) is 1.53. The van der Waals surface area contributed by atoms with E-state index in [-0.39, 0.29) is 18.0 Å². The molecule has 11 nitrogen and oxygen atoms in total. The highest BCUT2D eigenvalue weighted by atomic mass is 19.4. The summed E-state index contributed by atoms with van der Waals surface area (Å²) in [4.78, 5) is 1.49. The number of nitriles is 1. The average Bonchev–Trinajstić information content (AvgIpc) is 3.84. The van der Waals surface area contributed by atoms with Crippen LogP contribution < -0.4 is 16.0 Å². The number of nitrogens with zero attached hydrogens (tertiary/aromatic N) is 6. The minimum absolute atomic E-state index is 0.103. The van der Waals surface area contributed by atoms with E-state index in [4.69, 9.17) is 14.1 Å². The molecule has 0 aliphatic rings. The lowest BCUT2D eigenvalue weighted by Crippen LogP contribution is -2.26. The van der Waals surface area contributed by atoms with Crippen molar-refractivity contribution in [3.05, 3.63) is 120 Å². The molecule has 0 saturated carbocycles. The summed E-state index contributed by atoms with van der Waals surface area (Å²) in [6, 6.07) is 24.1. The Kier molecular flexibility index (Phi) is 13.0. The second kappa shape index (κ2) is 17.8. The summed E-state index contributed by atoms with van der Waals surface area (Å²) in [7, 11) is 3.52. The van der Waals surface area contributed by atoms with Gasteiger partial charge in [-0.05, 0) is 93.7 Å². The van der Waals surface area contributed by atoms with Crippen LogP contribution in [0.25, 0.3) is 22.9 Å². The molecule has 6 rings (SSSR count). The molecule has 0 bridgehead atoms. The van der Waals surface area contributed by atoms with Crippen LogP contribution in [0.3, 0.4) is 0 Å². The molecule has 0 saturated heterocycles. The van der Waals surface area contributed by atoms with Crippen molar-refractivity contribution in [3.8, 4) is 29.1 Å². The van der Waals surface area contributed by atoms with Crippen LogP contribution in [0.1, 0.15) is 36.8 Å². The third kappa shape index (κ3) is 10.8. The van der Waals surface area contributed by atoms with Crippen LogP contribution in [0.4, 0.5) is 49.1 Å². The average molecular weight is 778 g/mol. The van der Waals surface area contributed by atoms with Crippen LogP contribution in [0, 0.1) is 11.5 Å². The highest BCUT2D eigenvalue weighted by Gasteiger charge is 2.31. The first kappa shape index (κ1) is 40.8. The zero-order valence-electron chi connectivity index (χ0n) is 30.6. The van der Waals surface area contributed by atoms with Crippen molar-refractivity contribution in [2.45, 2.75) is 51.1 Å². The van der Waals surface area contributed by atoms with E-state index >= 15 is 0 Å². The molecule has 2 heterocycles. The summed E-state index contributed by atoms with van der Waals surface area (Å²) in [5, 5.41) is 34.5. The Morgan fingerprint density at radius 3 is 1.45 bits per heavy atom. The molecule has 3 N–H and O–H groups in total. The lowest BCUT2D eigenvalue weighted by Gasteiger charge is -2.16. The minimum Gasteiger partial charge on any atom is -0.421 e. The van der Waals surface area contributed by atoms with Gasteiger partial charge in [0, 0.05) is 43.3 Å². The molecule has 2 atom stereocenters.